The zero-order valence-corrected chi connectivity index (χ0v) is 13.5. The maximum absolute atomic E-state index is 11.9. The van der Waals surface area contributed by atoms with Crippen molar-refractivity contribution in [1.29, 1.82) is 0 Å². The highest BCUT2D eigenvalue weighted by Crippen LogP contribution is 2.21. The van der Waals surface area contributed by atoms with Crippen LogP contribution in [0, 0.1) is 0 Å². The number of benzene rings is 2. The fourth-order valence-corrected chi connectivity index (χ4v) is 2.09. The van der Waals surface area contributed by atoms with Crippen molar-refractivity contribution in [2.45, 2.75) is 6.92 Å². The summed E-state index contributed by atoms with van der Waals surface area (Å²) in [5.41, 5.74) is 0.138. The average Bonchev–Trinajstić information content (AvgIpc) is 2.55. The van der Waals surface area contributed by atoms with Crippen molar-refractivity contribution in [3.05, 3.63) is 53.1 Å². The minimum atomic E-state index is -0.403. The van der Waals surface area contributed by atoms with Crippen LogP contribution in [-0.2, 0) is 0 Å². The smallest absolute Gasteiger partial charge is 0.255 e. The Hall–Kier alpha value is -2.40. The van der Waals surface area contributed by atoms with Crippen molar-refractivity contribution in [1.82, 2.24) is 5.32 Å². The summed E-state index contributed by atoms with van der Waals surface area (Å²) in [6.45, 7) is 3.15. The second kappa shape index (κ2) is 8.29. The Kier molecular flexibility index (Phi) is 6.11. The Morgan fingerprint density at radius 3 is 2.43 bits per heavy atom. The number of nitrogens with one attached hydrogen (secondary N) is 1. The van der Waals surface area contributed by atoms with Crippen LogP contribution >= 0.6 is 11.6 Å². The third kappa shape index (κ3) is 5.07. The van der Waals surface area contributed by atoms with Crippen LogP contribution < -0.4 is 14.8 Å². The predicted molar refractivity (Wildman–Crippen MR) is 88.6 cm³/mol. The molecule has 0 heterocycles. The lowest BCUT2D eigenvalue weighted by Crippen LogP contribution is -2.28. The third-order valence-electron chi connectivity index (χ3n) is 2.99. The van der Waals surface area contributed by atoms with Crippen LogP contribution in [0.2, 0.25) is 5.02 Å². The van der Waals surface area contributed by atoms with Crippen molar-refractivity contribution < 1.29 is 19.4 Å². The van der Waals surface area contributed by atoms with E-state index >= 15 is 0 Å². The molecule has 6 heteroatoms. The minimum Gasteiger partial charge on any atom is -0.507 e. The monoisotopic (exact) mass is 335 g/mol. The number of hydrogen-bond donors (Lipinski definition) is 2. The Morgan fingerprint density at radius 1 is 1.13 bits per heavy atom. The summed E-state index contributed by atoms with van der Waals surface area (Å²) in [5, 5.41) is 12.7. The van der Waals surface area contributed by atoms with Crippen molar-refractivity contribution in [3.8, 4) is 17.2 Å². The summed E-state index contributed by atoms with van der Waals surface area (Å²) in [5.74, 6) is 0.956. The molecule has 2 rings (SSSR count). The Balaban J connectivity index is 1.78. The standard InChI is InChI=1S/C17H18ClNO4/c1-2-22-13-4-6-14(7-5-13)23-10-9-19-17(21)15-11-12(18)3-8-16(15)20/h3-8,11,20H,2,9-10H2,1H3,(H,19,21). The summed E-state index contributed by atoms with van der Waals surface area (Å²) in [6.07, 6.45) is 0. The molecule has 0 atom stereocenters. The van der Waals surface area contributed by atoms with E-state index in [0.29, 0.717) is 30.5 Å². The first-order valence-electron chi connectivity index (χ1n) is 7.22. The number of aromatic hydroxyl groups is 1. The lowest BCUT2D eigenvalue weighted by molar-refractivity contribution is 0.0944. The first kappa shape index (κ1) is 17.0. The molecule has 0 saturated heterocycles. The van der Waals surface area contributed by atoms with E-state index in [1.54, 1.807) is 12.1 Å². The predicted octanol–water partition coefficient (Wildman–Crippen LogP) is 3.25. The number of amides is 1. The molecule has 0 bridgehead atoms. The van der Waals surface area contributed by atoms with Gasteiger partial charge in [0.25, 0.3) is 5.91 Å². The second-order valence-corrected chi connectivity index (χ2v) is 5.11. The van der Waals surface area contributed by atoms with Crippen molar-refractivity contribution in [3.63, 3.8) is 0 Å². The van der Waals surface area contributed by atoms with Crippen LogP contribution in [0.1, 0.15) is 17.3 Å². The van der Waals surface area contributed by atoms with Gasteiger partial charge >= 0.3 is 0 Å². The molecule has 0 aliphatic heterocycles. The summed E-state index contributed by atoms with van der Waals surface area (Å²) in [6, 6.07) is 11.6. The average molecular weight is 336 g/mol. The molecule has 0 aliphatic rings. The van der Waals surface area contributed by atoms with Crippen molar-refractivity contribution in [2.75, 3.05) is 19.8 Å². The molecule has 23 heavy (non-hydrogen) atoms. The van der Waals surface area contributed by atoms with E-state index in [-0.39, 0.29) is 11.3 Å². The Labute approximate surface area is 139 Å². The van der Waals surface area contributed by atoms with Gasteiger partial charge < -0.3 is 19.9 Å². The normalized spacial score (nSPS) is 10.2. The van der Waals surface area contributed by atoms with Gasteiger partial charge in [0.1, 0.15) is 23.9 Å². The van der Waals surface area contributed by atoms with E-state index in [0.717, 1.165) is 5.75 Å². The fourth-order valence-electron chi connectivity index (χ4n) is 1.92. The van der Waals surface area contributed by atoms with E-state index < -0.39 is 5.91 Å². The van der Waals surface area contributed by atoms with Crippen LogP contribution in [0.3, 0.4) is 0 Å². The van der Waals surface area contributed by atoms with Gasteiger partial charge in [-0.05, 0) is 49.4 Å². The van der Waals surface area contributed by atoms with E-state index in [4.69, 9.17) is 21.1 Å². The molecule has 122 valence electrons. The van der Waals surface area contributed by atoms with Gasteiger partial charge in [0, 0.05) is 5.02 Å². The van der Waals surface area contributed by atoms with E-state index in [1.165, 1.54) is 18.2 Å². The first-order valence-corrected chi connectivity index (χ1v) is 7.60. The molecule has 2 aromatic rings. The van der Waals surface area contributed by atoms with Crippen LogP contribution in [0.25, 0.3) is 0 Å². The molecule has 5 nitrogen and oxygen atoms in total. The first-order chi connectivity index (χ1) is 11.1. The SMILES string of the molecule is CCOc1ccc(OCCNC(=O)c2cc(Cl)ccc2O)cc1. The van der Waals surface area contributed by atoms with Crippen molar-refractivity contribution >= 4 is 17.5 Å². The molecular formula is C17H18ClNO4. The van der Waals surface area contributed by atoms with E-state index in [9.17, 15) is 9.90 Å². The van der Waals surface area contributed by atoms with Crippen LogP contribution in [0.5, 0.6) is 17.2 Å². The quantitative estimate of drug-likeness (QED) is 0.762. The highest BCUT2D eigenvalue weighted by Gasteiger charge is 2.11. The van der Waals surface area contributed by atoms with Gasteiger partial charge in [-0.25, -0.2) is 0 Å². The number of hydrogen-bond acceptors (Lipinski definition) is 4. The largest absolute Gasteiger partial charge is 0.507 e. The molecule has 2 N–H and O–H groups in total. The number of carbonyl (C=O) groups is 1. The number of carbonyl (C=O) groups excluding carboxylic acids is 1. The molecule has 0 unspecified atom stereocenters. The second-order valence-electron chi connectivity index (χ2n) is 4.67. The molecule has 0 aromatic heterocycles. The minimum absolute atomic E-state index is 0.112. The molecule has 0 spiro atoms. The van der Waals surface area contributed by atoms with E-state index in [2.05, 4.69) is 5.32 Å². The lowest BCUT2D eigenvalue weighted by atomic mass is 10.2. The fraction of sp³-hybridized carbons (Fsp3) is 0.235. The molecule has 1 amide bonds. The molecular weight excluding hydrogens is 318 g/mol. The highest BCUT2D eigenvalue weighted by atomic mass is 35.5. The zero-order chi connectivity index (χ0) is 16.7. The van der Waals surface area contributed by atoms with Gasteiger partial charge in [0.2, 0.25) is 0 Å². The molecule has 0 radical (unpaired) electrons. The zero-order valence-electron chi connectivity index (χ0n) is 12.7. The molecule has 2 aromatic carbocycles. The number of halogens is 1. The number of phenols is 1. The number of phenolic OH excluding ortho intramolecular Hbond substituents is 1. The van der Waals surface area contributed by atoms with Gasteiger partial charge in [0.05, 0.1) is 18.7 Å². The van der Waals surface area contributed by atoms with E-state index in [1.807, 2.05) is 19.1 Å². The van der Waals surface area contributed by atoms with Gasteiger partial charge in [-0.15, -0.1) is 0 Å². The number of rotatable bonds is 7. The van der Waals surface area contributed by atoms with Crippen LogP contribution in [0.15, 0.2) is 42.5 Å². The Bertz CT molecular complexity index is 658. The summed E-state index contributed by atoms with van der Waals surface area (Å²) in [4.78, 5) is 11.9. The molecule has 0 saturated carbocycles. The topological polar surface area (TPSA) is 67.8 Å². The summed E-state index contributed by atoms with van der Waals surface area (Å²) >= 11 is 5.81. The maximum atomic E-state index is 11.9. The van der Waals surface area contributed by atoms with Crippen LogP contribution in [0.4, 0.5) is 0 Å². The maximum Gasteiger partial charge on any atom is 0.255 e. The molecule has 0 aliphatic carbocycles. The van der Waals surface area contributed by atoms with Crippen LogP contribution in [-0.4, -0.2) is 30.8 Å². The Morgan fingerprint density at radius 2 is 1.78 bits per heavy atom. The van der Waals surface area contributed by atoms with Gasteiger partial charge in [0.15, 0.2) is 0 Å². The number of ether oxygens (including phenoxy) is 2. The summed E-state index contributed by atoms with van der Waals surface area (Å²) < 4.78 is 10.9. The van der Waals surface area contributed by atoms with Gasteiger partial charge in [-0.2, -0.15) is 0 Å². The summed E-state index contributed by atoms with van der Waals surface area (Å²) in [7, 11) is 0. The third-order valence-corrected chi connectivity index (χ3v) is 3.23. The lowest BCUT2D eigenvalue weighted by Gasteiger charge is -2.09. The highest BCUT2D eigenvalue weighted by molar-refractivity contribution is 6.31. The van der Waals surface area contributed by atoms with Crippen molar-refractivity contribution in [2.24, 2.45) is 0 Å². The molecule has 0 fully saturated rings. The van der Waals surface area contributed by atoms with Gasteiger partial charge in [-0.3, -0.25) is 4.79 Å². The van der Waals surface area contributed by atoms with Gasteiger partial charge in [-0.1, -0.05) is 11.6 Å².